The van der Waals surface area contributed by atoms with Crippen molar-refractivity contribution < 1.29 is 5.11 Å². The van der Waals surface area contributed by atoms with Gasteiger partial charge in [-0.2, -0.15) is 0 Å². The van der Waals surface area contributed by atoms with Crippen molar-refractivity contribution in [3.8, 4) is 16.3 Å². The molecular formula is C14H9Br2N3OS. The molecule has 0 aliphatic rings. The fourth-order valence-electron chi connectivity index (χ4n) is 1.72. The van der Waals surface area contributed by atoms with Crippen LogP contribution in [-0.2, 0) is 0 Å². The summed E-state index contributed by atoms with van der Waals surface area (Å²) >= 11 is 8.16. The Balaban J connectivity index is 1.86. The van der Waals surface area contributed by atoms with Gasteiger partial charge in [0, 0.05) is 14.6 Å². The Kier molecular flexibility index (Phi) is 4.23. The van der Waals surface area contributed by atoms with Crippen molar-refractivity contribution in [3.63, 3.8) is 0 Å². The van der Waals surface area contributed by atoms with Crippen molar-refractivity contribution in [3.05, 3.63) is 51.4 Å². The molecule has 0 bridgehead atoms. The largest absolute Gasteiger partial charge is 0.507 e. The molecule has 0 unspecified atom stereocenters. The molecule has 2 N–H and O–H groups in total. The Morgan fingerprint density at radius 1 is 0.952 bits per heavy atom. The van der Waals surface area contributed by atoms with E-state index in [1.807, 2.05) is 30.3 Å². The van der Waals surface area contributed by atoms with E-state index >= 15 is 0 Å². The normalized spacial score (nSPS) is 10.6. The summed E-state index contributed by atoms with van der Waals surface area (Å²) in [6.07, 6.45) is 0. The third kappa shape index (κ3) is 3.42. The van der Waals surface area contributed by atoms with Crippen LogP contribution in [-0.4, -0.2) is 15.3 Å². The van der Waals surface area contributed by atoms with E-state index in [1.54, 1.807) is 12.1 Å². The third-order valence-electron chi connectivity index (χ3n) is 2.71. The van der Waals surface area contributed by atoms with E-state index in [4.69, 9.17) is 0 Å². The lowest BCUT2D eigenvalue weighted by molar-refractivity contribution is 0.477. The maximum atomic E-state index is 9.91. The zero-order valence-corrected chi connectivity index (χ0v) is 14.5. The zero-order valence-electron chi connectivity index (χ0n) is 10.5. The highest BCUT2D eigenvalue weighted by atomic mass is 79.9. The van der Waals surface area contributed by atoms with E-state index in [0.29, 0.717) is 15.7 Å². The number of aromatic nitrogens is 2. The van der Waals surface area contributed by atoms with Gasteiger partial charge in [-0.1, -0.05) is 43.2 Å². The van der Waals surface area contributed by atoms with Crippen molar-refractivity contribution in [1.29, 1.82) is 0 Å². The van der Waals surface area contributed by atoms with Gasteiger partial charge in [0.05, 0.1) is 5.56 Å². The molecule has 3 aromatic rings. The topological polar surface area (TPSA) is 58.0 Å². The molecule has 0 fully saturated rings. The number of halogens is 2. The first-order valence-electron chi connectivity index (χ1n) is 5.97. The van der Waals surface area contributed by atoms with E-state index < -0.39 is 0 Å². The molecule has 0 aliphatic heterocycles. The summed E-state index contributed by atoms with van der Waals surface area (Å²) < 4.78 is 1.90. The van der Waals surface area contributed by atoms with Gasteiger partial charge in [-0.05, 0) is 42.5 Å². The number of rotatable bonds is 3. The van der Waals surface area contributed by atoms with E-state index in [9.17, 15) is 5.11 Å². The second-order valence-electron chi connectivity index (χ2n) is 4.21. The minimum absolute atomic E-state index is 0.185. The van der Waals surface area contributed by atoms with Gasteiger partial charge in [0.15, 0.2) is 5.01 Å². The molecule has 0 radical (unpaired) electrons. The summed E-state index contributed by atoms with van der Waals surface area (Å²) in [5.74, 6) is 0.185. The maximum Gasteiger partial charge on any atom is 0.210 e. The van der Waals surface area contributed by atoms with Gasteiger partial charge in [-0.15, -0.1) is 10.2 Å². The van der Waals surface area contributed by atoms with Crippen LogP contribution in [0.4, 0.5) is 10.8 Å². The summed E-state index contributed by atoms with van der Waals surface area (Å²) in [4.78, 5) is 0. The molecule has 3 rings (SSSR count). The molecule has 106 valence electrons. The van der Waals surface area contributed by atoms with E-state index in [1.165, 1.54) is 11.3 Å². The van der Waals surface area contributed by atoms with Crippen LogP contribution >= 0.6 is 43.2 Å². The number of hydrogen-bond donors (Lipinski definition) is 2. The highest BCUT2D eigenvalue weighted by Crippen LogP contribution is 2.35. The van der Waals surface area contributed by atoms with Crippen molar-refractivity contribution >= 4 is 54.0 Å². The number of anilines is 2. The number of nitrogens with zero attached hydrogens (tertiary/aromatic N) is 2. The molecule has 0 saturated carbocycles. The van der Waals surface area contributed by atoms with Gasteiger partial charge in [0.1, 0.15) is 5.75 Å². The van der Waals surface area contributed by atoms with Gasteiger partial charge in [0.2, 0.25) is 5.13 Å². The molecule has 0 aliphatic carbocycles. The second-order valence-corrected chi connectivity index (χ2v) is 7.01. The summed E-state index contributed by atoms with van der Waals surface area (Å²) in [6, 6.07) is 13.0. The highest BCUT2D eigenvalue weighted by molar-refractivity contribution is 9.10. The molecule has 0 spiro atoms. The Morgan fingerprint density at radius 2 is 1.67 bits per heavy atom. The van der Waals surface area contributed by atoms with Gasteiger partial charge in [-0.3, -0.25) is 0 Å². The summed E-state index contributed by atoms with van der Waals surface area (Å²) in [5.41, 5.74) is 1.59. The molecule has 1 heterocycles. The zero-order chi connectivity index (χ0) is 14.8. The summed E-state index contributed by atoms with van der Waals surface area (Å²) in [6.45, 7) is 0. The predicted octanol–water partition coefficient (Wildman–Crippen LogP) is 5.18. The van der Waals surface area contributed by atoms with Gasteiger partial charge >= 0.3 is 0 Å². The van der Waals surface area contributed by atoms with Gasteiger partial charge in [-0.25, -0.2) is 0 Å². The first kappa shape index (κ1) is 14.5. The van der Waals surface area contributed by atoms with Gasteiger partial charge in [0.25, 0.3) is 0 Å². The average molecular weight is 427 g/mol. The Hall–Kier alpha value is -1.44. The lowest BCUT2D eigenvalue weighted by atomic mass is 10.2. The SMILES string of the molecule is Oc1ccc(Br)cc1-c1nnc(Nc2ccc(Br)cc2)s1. The lowest BCUT2D eigenvalue weighted by Crippen LogP contribution is -1.88. The average Bonchev–Trinajstić information content (AvgIpc) is 2.92. The van der Waals surface area contributed by atoms with E-state index in [0.717, 1.165) is 14.6 Å². The van der Waals surface area contributed by atoms with Crippen LogP contribution in [0, 0.1) is 0 Å². The fraction of sp³-hybridized carbons (Fsp3) is 0. The van der Waals surface area contributed by atoms with Crippen LogP contribution in [0.3, 0.4) is 0 Å². The first-order chi connectivity index (χ1) is 10.1. The van der Waals surface area contributed by atoms with Crippen LogP contribution < -0.4 is 5.32 Å². The molecule has 21 heavy (non-hydrogen) atoms. The van der Waals surface area contributed by atoms with E-state index in [2.05, 4.69) is 47.4 Å². The number of phenolic OH excluding ortho intramolecular Hbond substituents is 1. The lowest BCUT2D eigenvalue weighted by Gasteiger charge is -2.01. The highest BCUT2D eigenvalue weighted by Gasteiger charge is 2.11. The first-order valence-corrected chi connectivity index (χ1v) is 8.37. The van der Waals surface area contributed by atoms with Crippen LogP contribution in [0.2, 0.25) is 0 Å². The van der Waals surface area contributed by atoms with Crippen molar-refractivity contribution in [1.82, 2.24) is 10.2 Å². The monoisotopic (exact) mass is 425 g/mol. The van der Waals surface area contributed by atoms with Crippen LogP contribution in [0.1, 0.15) is 0 Å². The molecule has 0 saturated heterocycles. The van der Waals surface area contributed by atoms with Crippen molar-refractivity contribution in [2.45, 2.75) is 0 Å². The number of aromatic hydroxyl groups is 1. The Bertz CT molecular complexity index is 774. The molecule has 0 amide bonds. The van der Waals surface area contributed by atoms with E-state index in [-0.39, 0.29) is 5.75 Å². The minimum atomic E-state index is 0.185. The molecule has 0 atom stereocenters. The van der Waals surface area contributed by atoms with Crippen LogP contribution in [0.5, 0.6) is 5.75 Å². The van der Waals surface area contributed by atoms with Gasteiger partial charge < -0.3 is 10.4 Å². The quantitative estimate of drug-likeness (QED) is 0.605. The molecular weight excluding hydrogens is 418 g/mol. The van der Waals surface area contributed by atoms with Crippen LogP contribution in [0.25, 0.3) is 10.6 Å². The maximum absolute atomic E-state index is 9.91. The number of hydrogen-bond acceptors (Lipinski definition) is 5. The second kappa shape index (κ2) is 6.13. The fourth-order valence-corrected chi connectivity index (χ4v) is 3.13. The molecule has 2 aromatic carbocycles. The number of benzene rings is 2. The molecule has 7 heteroatoms. The Morgan fingerprint density at radius 3 is 2.43 bits per heavy atom. The third-order valence-corrected chi connectivity index (χ3v) is 4.60. The standard InChI is InChI=1S/C14H9Br2N3OS/c15-8-1-4-10(5-2-8)17-14-19-18-13(21-14)11-7-9(16)3-6-12(11)20/h1-7,20H,(H,17,19). The minimum Gasteiger partial charge on any atom is -0.507 e. The smallest absolute Gasteiger partial charge is 0.210 e. The predicted molar refractivity (Wildman–Crippen MR) is 92.1 cm³/mol. The van der Waals surface area contributed by atoms with Crippen molar-refractivity contribution in [2.24, 2.45) is 0 Å². The van der Waals surface area contributed by atoms with Crippen LogP contribution in [0.15, 0.2) is 51.4 Å². The summed E-state index contributed by atoms with van der Waals surface area (Å²) in [5, 5.41) is 22.6. The Labute approximate surface area is 142 Å². The molecule has 1 aromatic heterocycles. The number of phenols is 1. The summed E-state index contributed by atoms with van der Waals surface area (Å²) in [7, 11) is 0. The van der Waals surface area contributed by atoms with Crippen molar-refractivity contribution in [2.75, 3.05) is 5.32 Å². The molecule has 4 nitrogen and oxygen atoms in total. The number of nitrogens with one attached hydrogen (secondary N) is 1.